The van der Waals surface area contributed by atoms with E-state index in [1.807, 2.05) is 24.3 Å². The Kier molecular flexibility index (Phi) is 4.98. The van der Waals surface area contributed by atoms with Gasteiger partial charge in [-0.3, -0.25) is 9.36 Å². The van der Waals surface area contributed by atoms with Crippen LogP contribution >= 0.6 is 34.7 Å². The molecule has 0 radical (unpaired) electrons. The van der Waals surface area contributed by atoms with Crippen molar-refractivity contribution in [1.82, 2.24) is 9.55 Å². The Morgan fingerprint density at radius 1 is 1.17 bits per heavy atom. The molecule has 0 fully saturated rings. The highest BCUT2D eigenvalue weighted by Gasteiger charge is 2.23. The molecule has 0 spiro atoms. The van der Waals surface area contributed by atoms with Crippen molar-refractivity contribution in [2.45, 2.75) is 37.1 Å². The highest BCUT2D eigenvalue weighted by Crippen LogP contribution is 2.36. The number of thioether (sulfide) groups is 1. The van der Waals surface area contributed by atoms with Crippen LogP contribution in [0.15, 0.2) is 58.5 Å². The van der Waals surface area contributed by atoms with E-state index in [4.69, 9.17) is 16.6 Å². The van der Waals surface area contributed by atoms with Gasteiger partial charge in [-0.05, 0) is 61.6 Å². The maximum absolute atomic E-state index is 13.6. The monoisotopic (exact) mass is 438 g/mol. The largest absolute Gasteiger partial charge is 0.268 e. The van der Waals surface area contributed by atoms with Crippen molar-refractivity contribution in [3.63, 3.8) is 0 Å². The van der Waals surface area contributed by atoms with E-state index >= 15 is 0 Å². The van der Waals surface area contributed by atoms with Crippen LogP contribution in [0.2, 0.25) is 5.02 Å². The second-order valence-corrected chi connectivity index (χ2v) is 9.79. The minimum atomic E-state index is 0.0310. The molecule has 0 amide bonds. The smallest absolute Gasteiger partial charge is 0.267 e. The molecule has 0 unspecified atom stereocenters. The first-order chi connectivity index (χ1) is 14.1. The average molecular weight is 439 g/mol. The molecule has 2 aromatic carbocycles. The third-order valence-corrected chi connectivity index (χ3v) is 7.69. The lowest BCUT2D eigenvalue weighted by atomic mass is 10.2. The van der Waals surface area contributed by atoms with Crippen LogP contribution in [0.4, 0.5) is 0 Å². The number of aryl methyl sites for hydroxylation is 3. The number of benzene rings is 2. The molecule has 0 aliphatic heterocycles. The average Bonchev–Trinajstić information content (AvgIpc) is 3.28. The molecule has 6 heteroatoms. The molecule has 2 aromatic heterocycles. The van der Waals surface area contributed by atoms with Gasteiger partial charge in [0.15, 0.2) is 5.16 Å². The minimum absolute atomic E-state index is 0.0310. The van der Waals surface area contributed by atoms with Crippen LogP contribution < -0.4 is 5.56 Å². The molecular weight excluding hydrogens is 420 g/mol. The van der Waals surface area contributed by atoms with E-state index in [0.29, 0.717) is 5.02 Å². The number of fused-ring (bicyclic) bond motifs is 3. The standard InChI is InChI=1S/C23H19ClN2OS2/c1-14-4-2-5-15(12-14)13-28-23-25-21-20(18-6-3-7-19(18)29-21)22(27)26(23)17-10-8-16(24)9-11-17/h2,4-5,8-12H,3,6-7,13H2,1H3. The van der Waals surface area contributed by atoms with Crippen molar-refractivity contribution in [3.05, 3.63) is 85.5 Å². The molecule has 0 bridgehead atoms. The van der Waals surface area contributed by atoms with Gasteiger partial charge < -0.3 is 0 Å². The second kappa shape index (κ2) is 7.63. The summed E-state index contributed by atoms with van der Waals surface area (Å²) < 4.78 is 1.75. The highest BCUT2D eigenvalue weighted by molar-refractivity contribution is 7.98. The molecule has 0 atom stereocenters. The quantitative estimate of drug-likeness (QED) is 0.281. The van der Waals surface area contributed by atoms with Crippen molar-refractivity contribution in [1.29, 1.82) is 0 Å². The van der Waals surface area contributed by atoms with E-state index in [-0.39, 0.29) is 5.56 Å². The Balaban J connectivity index is 1.65. The van der Waals surface area contributed by atoms with Gasteiger partial charge in [-0.2, -0.15) is 0 Å². The van der Waals surface area contributed by atoms with Crippen molar-refractivity contribution >= 4 is 44.9 Å². The first-order valence-corrected chi connectivity index (χ1v) is 11.8. The zero-order valence-corrected chi connectivity index (χ0v) is 18.3. The van der Waals surface area contributed by atoms with E-state index in [9.17, 15) is 4.79 Å². The molecule has 0 saturated carbocycles. The Bertz CT molecular complexity index is 1270. The summed E-state index contributed by atoms with van der Waals surface area (Å²) in [5.41, 5.74) is 4.50. The second-order valence-electron chi connectivity index (χ2n) is 7.33. The van der Waals surface area contributed by atoms with Gasteiger partial charge in [-0.1, -0.05) is 53.2 Å². The molecule has 3 nitrogen and oxygen atoms in total. The molecule has 29 heavy (non-hydrogen) atoms. The summed E-state index contributed by atoms with van der Waals surface area (Å²) in [5.74, 6) is 0.762. The number of hydrogen-bond donors (Lipinski definition) is 0. The summed E-state index contributed by atoms with van der Waals surface area (Å²) in [7, 11) is 0. The topological polar surface area (TPSA) is 34.9 Å². The summed E-state index contributed by atoms with van der Waals surface area (Å²) in [5, 5.41) is 2.19. The van der Waals surface area contributed by atoms with E-state index in [1.165, 1.54) is 21.6 Å². The fourth-order valence-electron chi connectivity index (χ4n) is 3.89. The molecule has 0 N–H and O–H groups in total. The van der Waals surface area contributed by atoms with Gasteiger partial charge in [0.1, 0.15) is 4.83 Å². The van der Waals surface area contributed by atoms with E-state index in [2.05, 4.69) is 31.2 Å². The van der Waals surface area contributed by atoms with Gasteiger partial charge in [-0.15, -0.1) is 11.3 Å². The Morgan fingerprint density at radius 2 is 2.00 bits per heavy atom. The predicted octanol–water partition coefficient (Wildman–Crippen LogP) is 6.19. The summed E-state index contributed by atoms with van der Waals surface area (Å²) in [6.45, 7) is 2.09. The number of rotatable bonds is 4. The van der Waals surface area contributed by atoms with Crippen LogP contribution in [0.3, 0.4) is 0 Å². The molecule has 2 heterocycles. The lowest BCUT2D eigenvalue weighted by Gasteiger charge is -2.13. The third-order valence-electron chi connectivity index (χ3n) is 5.24. The van der Waals surface area contributed by atoms with Gasteiger partial charge in [0.2, 0.25) is 0 Å². The minimum Gasteiger partial charge on any atom is -0.268 e. The van der Waals surface area contributed by atoms with Crippen LogP contribution in [0.25, 0.3) is 15.9 Å². The summed E-state index contributed by atoms with van der Waals surface area (Å²) in [6, 6.07) is 15.9. The lowest BCUT2D eigenvalue weighted by Crippen LogP contribution is -2.21. The third kappa shape index (κ3) is 3.52. The van der Waals surface area contributed by atoms with Gasteiger partial charge in [0, 0.05) is 15.7 Å². The molecule has 5 rings (SSSR count). The SMILES string of the molecule is Cc1cccc(CSc2nc3sc4c(c3c(=O)n2-c2ccc(Cl)cc2)CCC4)c1. The summed E-state index contributed by atoms with van der Waals surface area (Å²) >= 11 is 9.37. The Labute approximate surface area is 182 Å². The summed E-state index contributed by atoms with van der Waals surface area (Å²) in [6.07, 6.45) is 3.16. The number of halogens is 1. The van der Waals surface area contributed by atoms with Gasteiger partial charge in [-0.25, -0.2) is 4.98 Å². The van der Waals surface area contributed by atoms with E-state index in [1.54, 1.807) is 27.7 Å². The molecule has 1 aliphatic rings. The molecule has 1 aliphatic carbocycles. The zero-order valence-electron chi connectivity index (χ0n) is 15.9. The number of aromatic nitrogens is 2. The van der Waals surface area contributed by atoms with E-state index in [0.717, 1.165) is 46.1 Å². The predicted molar refractivity (Wildman–Crippen MR) is 123 cm³/mol. The first kappa shape index (κ1) is 18.9. The van der Waals surface area contributed by atoms with Crippen molar-refractivity contribution in [3.8, 4) is 5.69 Å². The number of thiophene rings is 1. The fraction of sp³-hybridized carbons (Fsp3) is 0.217. The Hall–Kier alpha value is -2.08. The van der Waals surface area contributed by atoms with Crippen LogP contribution in [-0.4, -0.2) is 9.55 Å². The maximum atomic E-state index is 13.6. The number of hydrogen-bond acceptors (Lipinski definition) is 4. The van der Waals surface area contributed by atoms with Gasteiger partial charge >= 0.3 is 0 Å². The van der Waals surface area contributed by atoms with Gasteiger partial charge in [0.05, 0.1) is 11.1 Å². The van der Waals surface area contributed by atoms with Gasteiger partial charge in [0.25, 0.3) is 5.56 Å². The maximum Gasteiger partial charge on any atom is 0.267 e. The number of nitrogens with zero attached hydrogens (tertiary/aromatic N) is 2. The van der Waals surface area contributed by atoms with E-state index < -0.39 is 0 Å². The van der Waals surface area contributed by atoms with Crippen LogP contribution in [0.1, 0.15) is 28.0 Å². The normalized spacial score (nSPS) is 13.2. The zero-order chi connectivity index (χ0) is 20.0. The van der Waals surface area contributed by atoms with Crippen LogP contribution in [0.5, 0.6) is 0 Å². The van der Waals surface area contributed by atoms with Crippen molar-refractivity contribution < 1.29 is 0 Å². The van der Waals surface area contributed by atoms with Crippen LogP contribution in [0, 0.1) is 6.92 Å². The molecule has 4 aromatic rings. The Morgan fingerprint density at radius 3 is 2.79 bits per heavy atom. The van der Waals surface area contributed by atoms with Crippen molar-refractivity contribution in [2.75, 3.05) is 0 Å². The van der Waals surface area contributed by atoms with Crippen LogP contribution in [-0.2, 0) is 18.6 Å². The first-order valence-electron chi connectivity index (χ1n) is 9.62. The fourth-order valence-corrected chi connectivity index (χ4v) is 6.27. The molecule has 146 valence electrons. The lowest BCUT2D eigenvalue weighted by molar-refractivity contribution is 0.820. The highest BCUT2D eigenvalue weighted by atomic mass is 35.5. The molecule has 0 saturated heterocycles. The summed E-state index contributed by atoms with van der Waals surface area (Å²) in [4.78, 5) is 20.8. The van der Waals surface area contributed by atoms with Crippen molar-refractivity contribution in [2.24, 2.45) is 0 Å². The molecular formula is C23H19ClN2OS2.